The minimum atomic E-state index is 0.125. The van der Waals surface area contributed by atoms with Crippen LogP contribution in [-0.4, -0.2) is 23.4 Å². The van der Waals surface area contributed by atoms with E-state index in [0.717, 1.165) is 18.8 Å². The first kappa shape index (κ1) is 8.52. The predicted octanol–water partition coefficient (Wildman–Crippen LogP) is 1.57. The summed E-state index contributed by atoms with van der Waals surface area (Å²) in [4.78, 5) is 0. The van der Waals surface area contributed by atoms with Crippen molar-refractivity contribution in [3.8, 4) is 0 Å². The Labute approximate surface area is 73.9 Å². The summed E-state index contributed by atoms with van der Waals surface area (Å²) in [6.07, 6.45) is 3.53. The van der Waals surface area contributed by atoms with Crippen LogP contribution < -0.4 is 0 Å². The lowest BCUT2D eigenvalue weighted by Gasteiger charge is -2.50. The molecule has 1 saturated heterocycles. The molecule has 0 radical (unpaired) electrons. The fraction of sp³-hybridized carbons (Fsp3) is 1.00. The second-order valence-corrected chi connectivity index (χ2v) is 4.50. The molecule has 0 aromatic carbocycles. The highest BCUT2D eigenvalue weighted by molar-refractivity contribution is 5.03. The quantitative estimate of drug-likeness (QED) is 0.647. The molecule has 0 aromatic heterocycles. The minimum absolute atomic E-state index is 0.125. The van der Waals surface area contributed by atoms with Crippen LogP contribution in [0.4, 0.5) is 0 Å². The Bertz CT molecular complexity index is 181. The maximum atomic E-state index is 8.95. The van der Waals surface area contributed by atoms with E-state index in [1.165, 1.54) is 6.42 Å². The normalized spacial score (nSPS) is 52.8. The van der Waals surface area contributed by atoms with Crippen LogP contribution in [0.1, 0.15) is 33.1 Å². The molecular formula is C10H18O2. The van der Waals surface area contributed by atoms with Crippen LogP contribution in [0.2, 0.25) is 0 Å². The molecule has 4 atom stereocenters. The zero-order valence-corrected chi connectivity index (χ0v) is 7.92. The molecule has 2 nitrogen and oxygen atoms in total. The SMILES string of the molecule is CC1CC2(CCC(CO)O2)C1C. The molecule has 1 N–H and O–H groups in total. The van der Waals surface area contributed by atoms with Crippen LogP contribution in [0.3, 0.4) is 0 Å². The minimum Gasteiger partial charge on any atom is -0.394 e. The van der Waals surface area contributed by atoms with Gasteiger partial charge in [-0.05, 0) is 31.1 Å². The molecule has 12 heavy (non-hydrogen) atoms. The van der Waals surface area contributed by atoms with Crippen molar-refractivity contribution in [3.05, 3.63) is 0 Å². The van der Waals surface area contributed by atoms with Gasteiger partial charge < -0.3 is 9.84 Å². The van der Waals surface area contributed by atoms with E-state index in [0.29, 0.717) is 5.92 Å². The summed E-state index contributed by atoms with van der Waals surface area (Å²) >= 11 is 0. The number of hydrogen-bond donors (Lipinski definition) is 1. The first-order valence-corrected chi connectivity index (χ1v) is 4.96. The van der Waals surface area contributed by atoms with Crippen molar-refractivity contribution in [1.82, 2.24) is 0 Å². The molecule has 0 amide bonds. The highest BCUT2D eigenvalue weighted by Crippen LogP contribution is 2.53. The van der Waals surface area contributed by atoms with E-state index in [1.807, 2.05) is 0 Å². The summed E-state index contributed by atoms with van der Waals surface area (Å²) in [5.41, 5.74) is 0.160. The van der Waals surface area contributed by atoms with Gasteiger partial charge in [0.2, 0.25) is 0 Å². The van der Waals surface area contributed by atoms with Gasteiger partial charge in [0.15, 0.2) is 0 Å². The zero-order valence-electron chi connectivity index (χ0n) is 7.92. The molecular weight excluding hydrogens is 152 g/mol. The van der Waals surface area contributed by atoms with Crippen LogP contribution in [0.5, 0.6) is 0 Å². The Morgan fingerprint density at radius 2 is 2.25 bits per heavy atom. The second-order valence-electron chi connectivity index (χ2n) is 4.50. The molecule has 4 unspecified atom stereocenters. The lowest BCUT2D eigenvalue weighted by atomic mass is 9.62. The molecule has 1 saturated carbocycles. The monoisotopic (exact) mass is 170 g/mol. The van der Waals surface area contributed by atoms with Crippen molar-refractivity contribution in [2.45, 2.75) is 44.8 Å². The third-order valence-electron chi connectivity index (χ3n) is 3.85. The number of aliphatic hydroxyl groups is 1. The van der Waals surface area contributed by atoms with Gasteiger partial charge in [-0.1, -0.05) is 13.8 Å². The Balaban J connectivity index is 1.98. The molecule has 0 aromatic rings. The Kier molecular flexibility index (Phi) is 1.92. The molecule has 1 aliphatic heterocycles. The van der Waals surface area contributed by atoms with E-state index in [4.69, 9.17) is 9.84 Å². The number of rotatable bonds is 1. The Morgan fingerprint density at radius 1 is 1.50 bits per heavy atom. The van der Waals surface area contributed by atoms with Gasteiger partial charge in [0, 0.05) is 0 Å². The van der Waals surface area contributed by atoms with E-state index in [-0.39, 0.29) is 18.3 Å². The smallest absolute Gasteiger partial charge is 0.0814 e. The van der Waals surface area contributed by atoms with E-state index in [2.05, 4.69) is 13.8 Å². The van der Waals surface area contributed by atoms with Crippen molar-refractivity contribution < 1.29 is 9.84 Å². The summed E-state index contributed by atoms with van der Waals surface area (Å²) in [7, 11) is 0. The second kappa shape index (κ2) is 2.71. The Morgan fingerprint density at radius 3 is 2.67 bits per heavy atom. The lowest BCUT2D eigenvalue weighted by molar-refractivity contribution is -0.165. The highest BCUT2D eigenvalue weighted by atomic mass is 16.5. The Hall–Kier alpha value is -0.0800. The summed E-state index contributed by atoms with van der Waals surface area (Å²) in [6.45, 7) is 4.75. The third kappa shape index (κ3) is 1.01. The van der Waals surface area contributed by atoms with Gasteiger partial charge in [-0.25, -0.2) is 0 Å². The average molecular weight is 170 g/mol. The summed E-state index contributed by atoms with van der Waals surface area (Å²) in [5.74, 6) is 1.50. The van der Waals surface area contributed by atoms with Gasteiger partial charge in [0.25, 0.3) is 0 Å². The summed E-state index contributed by atoms with van der Waals surface area (Å²) < 4.78 is 5.87. The molecule has 2 fully saturated rings. The highest BCUT2D eigenvalue weighted by Gasteiger charge is 2.53. The molecule has 70 valence electrons. The van der Waals surface area contributed by atoms with Gasteiger partial charge in [0.1, 0.15) is 0 Å². The molecule has 2 rings (SSSR count). The van der Waals surface area contributed by atoms with Gasteiger partial charge in [-0.2, -0.15) is 0 Å². The standard InChI is InChI=1S/C10H18O2/c1-7-5-10(8(7)2)4-3-9(6-11)12-10/h7-9,11H,3-6H2,1-2H3. The first-order chi connectivity index (χ1) is 5.68. The molecule has 1 heterocycles. The lowest BCUT2D eigenvalue weighted by Crippen LogP contribution is -2.51. The predicted molar refractivity (Wildman–Crippen MR) is 46.9 cm³/mol. The number of ether oxygens (including phenoxy) is 1. The van der Waals surface area contributed by atoms with Crippen molar-refractivity contribution in [2.75, 3.05) is 6.61 Å². The van der Waals surface area contributed by atoms with Gasteiger partial charge >= 0.3 is 0 Å². The van der Waals surface area contributed by atoms with E-state index < -0.39 is 0 Å². The van der Waals surface area contributed by atoms with Crippen molar-refractivity contribution >= 4 is 0 Å². The third-order valence-corrected chi connectivity index (χ3v) is 3.85. The van der Waals surface area contributed by atoms with Crippen LogP contribution >= 0.6 is 0 Å². The fourth-order valence-electron chi connectivity index (χ4n) is 2.73. The molecule has 2 heteroatoms. The summed E-state index contributed by atoms with van der Waals surface area (Å²) in [5, 5.41) is 8.95. The van der Waals surface area contributed by atoms with E-state index in [1.54, 1.807) is 0 Å². The number of hydrogen-bond acceptors (Lipinski definition) is 2. The van der Waals surface area contributed by atoms with Crippen molar-refractivity contribution in [3.63, 3.8) is 0 Å². The van der Waals surface area contributed by atoms with Crippen LogP contribution in [0, 0.1) is 11.8 Å². The first-order valence-electron chi connectivity index (χ1n) is 4.96. The maximum absolute atomic E-state index is 8.95. The molecule has 1 spiro atoms. The average Bonchev–Trinajstić information content (AvgIpc) is 2.51. The van der Waals surface area contributed by atoms with E-state index in [9.17, 15) is 0 Å². The van der Waals surface area contributed by atoms with Crippen LogP contribution in [0.25, 0.3) is 0 Å². The van der Waals surface area contributed by atoms with E-state index >= 15 is 0 Å². The van der Waals surface area contributed by atoms with Crippen LogP contribution in [-0.2, 0) is 4.74 Å². The fourth-order valence-corrected chi connectivity index (χ4v) is 2.73. The number of aliphatic hydroxyl groups excluding tert-OH is 1. The van der Waals surface area contributed by atoms with Gasteiger partial charge in [-0.15, -0.1) is 0 Å². The van der Waals surface area contributed by atoms with Gasteiger partial charge in [0.05, 0.1) is 18.3 Å². The topological polar surface area (TPSA) is 29.5 Å². The zero-order chi connectivity index (χ0) is 8.77. The molecule has 2 aliphatic rings. The van der Waals surface area contributed by atoms with Crippen molar-refractivity contribution in [2.24, 2.45) is 11.8 Å². The van der Waals surface area contributed by atoms with Crippen molar-refractivity contribution in [1.29, 1.82) is 0 Å². The maximum Gasteiger partial charge on any atom is 0.0814 e. The van der Waals surface area contributed by atoms with Crippen LogP contribution in [0.15, 0.2) is 0 Å². The summed E-state index contributed by atoms with van der Waals surface area (Å²) in [6, 6.07) is 0. The molecule has 1 aliphatic carbocycles. The van der Waals surface area contributed by atoms with Gasteiger partial charge in [-0.3, -0.25) is 0 Å². The molecule has 0 bridgehead atoms. The largest absolute Gasteiger partial charge is 0.394 e.